The third kappa shape index (κ3) is 3.86. The molecule has 0 amide bonds. The molecule has 0 bridgehead atoms. The molecule has 0 unspecified atom stereocenters. The average molecular weight is 311 g/mol. The van der Waals surface area contributed by atoms with Gasteiger partial charge in [0, 0.05) is 5.56 Å². The zero-order valence-corrected chi connectivity index (χ0v) is 12.4. The standard InChI is InChI=1S/C16H16ClFO3/c1-2-20-15-8-11(9-19)6-7-14(15)21-10-12-4-3-5-13(18)16(12)17/h3-8,19H,2,9-10H2,1H3. The number of ether oxygens (including phenoxy) is 2. The number of hydrogen-bond acceptors (Lipinski definition) is 3. The van der Waals surface area contributed by atoms with Crippen LogP contribution < -0.4 is 9.47 Å². The molecule has 0 aliphatic carbocycles. The van der Waals surface area contributed by atoms with E-state index in [2.05, 4.69) is 0 Å². The Bertz CT molecular complexity index is 616. The predicted molar refractivity (Wildman–Crippen MR) is 79.3 cm³/mol. The molecule has 0 saturated carbocycles. The smallest absolute Gasteiger partial charge is 0.161 e. The van der Waals surface area contributed by atoms with Crippen LogP contribution in [0.3, 0.4) is 0 Å². The Morgan fingerprint density at radius 2 is 1.95 bits per heavy atom. The number of rotatable bonds is 6. The third-order valence-electron chi connectivity index (χ3n) is 2.91. The van der Waals surface area contributed by atoms with E-state index in [0.717, 1.165) is 5.56 Å². The van der Waals surface area contributed by atoms with E-state index < -0.39 is 5.82 Å². The lowest BCUT2D eigenvalue weighted by atomic mass is 10.2. The molecule has 3 nitrogen and oxygen atoms in total. The van der Waals surface area contributed by atoms with Gasteiger partial charge in [0.25, 0.3) is 0 Å². The first-order valence-corrected chi connectivity index (χ1v) is 6.95. The average Bonchev–Trinajstić information content (AvgIpc) is 2.50. The minimum absolute atomic E-state index is 0.0578. The molecule has 5 heteroatoms. The van der Waals surface area contributed by atoms with E-state index in [-0.39, 0.29) is 18.2 Å². The number of benzene rings is 2. The molecule has 0 spiro atoms. The molecule has 0 aliphatic heterocycles. The Morgan fingerprint density at radius 3 is 2.67 bits per heavy atom. The molecule has 0 fully saturated rings. The van der Waals surface area contributed by atoms with Crippen LogP contribution in [-0.4, -0.2) is 11.7 Å². The van der Waals surface area contributed by atoms with Gasteiger partial charge in [-0.1, -0.05) is 29.8 Å². The fraction of sp³-hybridized carbons (Fsp3) is 0.250. The third-order valence-corrected chi connectivity index (χ3v) is 3.33. The summed E-state index contributed by atoms with van der Waals surface area (Å²) in [7, 11) is 0. The molecule has 0 heterocycles. The highest BCUT2D eigenvalue weighted by molar-refractivity contribution is 6.31. The van der Waals surface area contributed by atoms with Crippen LogP contribution in [0.25, 0.3) is 0 Å². The summed E-state index contributed by atoms with van der Waals surface area (Å²) >= 11 is 5.89. The van der Waals surface area contributed by atoms with Gasteiger partial charge in [-0.15, -0.1) is 0 Å². The lowest BCUT2D eigenvalue weighted by Crippen LogP contribution is -2.01. The minimum Gasteiger partial charge on any atom is -0.490 e. The zero-order chi connectivity index (χ0) is 15.2. The molecule has 0 aliphatic rings. The summed E-state index contributed by atoms with van der Waals surface area (Å²) in [6.45, 7) is 2.40. The lowest BCUT2D eigenvalue weighted by molar-refractivity contribution is 0.263. The SMILES string of the molecule is CCOc1cc(CO)ccc1OCc1cccc(F)c1Cl. The van der Waals surface area contributed by atoms with Crippen molar-refractivity contribution in [3.63, 3.8) is 0 Å². The molecule has 0 atom stereocenters. The van der Waals surface area contributed by atoms with Crippen molar-refractivity contribution in [2.75, 3.05) is 6.61 Å². The van der Waals surface area contributed by atoms with Crippen molar-refractivity contribution in [3.05, 3.63) is 58.4 Å². The van der Waals surface area contributed by atoms with Gasteiger partial charge in [-0.2, -0.15) is 0 Å². The van der Waals surface area contributed by atoms with Crippen molar-refractivity contribution in [1.82, 2.24) is 0 Å². The summed E-state index contributed by atoms with van der Waals surface area (Å²) in [5.74, 6) is 0.587. The van der Waals surface area contributed by atoms with Crippen LogP contribution in [0.2, 0.25) is 5.02 Å². The van der Waals surface area contributed by atoms with Crippen LogP contribution in [0.1, 0.15) is 18.1 Å². The Hall–Kier alpha value is -1.78. The van der Waals surface area contributed by atoms with Crippen molar-refractivity contribution in [1.29, 1.82) is 0 Å². The van der Waals surface area contributed by atoms with Crippen molar-refractivity contribution < 1.29 is 19.0 Å². The molecule has 2 aromatic carbocycles. The van der Waals surface area contributed by atoms with Crippen LogP contribution in [0.15, 0.2) is 36.4 Å². The Balaban J connectivity index is 2.17. The van der Waals surface area contributed by atoms with Crippen LogP contribution in [0.5, 0.6) is 11.5 Å². The van der Waals surface area contributed by atoms with E-state index >= 15 is 0 Å². The second-order valence-corrected chi connectivity index (χ2v) is 4.75. The van der Waals surface area contributed by atoms with Gasteiger partial charge in [-0.25, -0.2) is 4.39 Å². The number of aliphatic hydroxyl groups is 1. The maximum absolute atomic E-state index is 13.4. The van der Waals surface area contributed by atoms with Crippen molar-refractivity contribution in [3.8, 4) is 11.5 Å². The van der Waals surface area contributed by atoms with E-state index in [1.54, 1.807) is 30.3 Å². The van der Waals surface area contributed by atoms with Gasteiger partial charge in [0.1, 0.15) is 12.4 Å². The van der Waals surface area contributed by atoms with Crippen molar-refractivity contribution in [2.24, 2.45) is 0 Å². The van der Waals surface area contributed by atoms with E-state index in [1.807, 2.05) is 6.92 Å². The van der Waals surface area contributed by atoms with E-state index in [9.17, 15) is 4.39 Å². The van der Waals surface area contributed by atoms with Gasteiger partial charge in [0.2, 0.25) is 0 Å². The number of aliphatic hydroxyl groups excluding tert-OH is 1. The van der Waals surface area contributed by atoms with Crippen LogP contribution in [-0.2, 0) is 13.2 Å². The first-order chi connectivity index (χ1) is 10.2. The summed E-state index contributed by atoms with van der Waals surface area (Å²) in [5.41, 5.74) is 1.29. The monoisotopic (exact) mass is 310 g/mol. The maximum Gasteiger partial charge on any atom is 0.161 e. The topological polar surface area (TPSA) is 38.7 Å². The first-order valence-electron chi connectivity index (χ1n) is 6.58. The molecule has 112 valence electrons. The highest BCUT2D eigenvalue weighted by Crippen LogP contribution is 2.30. The molecule has 0 radical (unpaired) electrons. The van der Waals surface area contributed by atoms with Gasteiger partial charge in [-0.3, -0.25) is 0 Å². The highest BCUT2D eigenvalue weighted by atomic mass is 35.5. The summed E-state index contributed by atoms with van der Waals surface area (Å²) in [4.78, 5) is 0. The minimum atomic E-state index is -0.474. The zero-order valence-electron chi connectivity index (χ0n) is 11.6. The van der Waals surface area contributed by atoms with Crippen molar-refractivity contribution in [2.45, 2.75) is 20.1 Å². The van der Waals surface area contributed by atoms with Gasteiger partial charge >= 0.3 is 0 Å². The second-order valence-electron chi connectivity index (χ2n) is 4.37. The molecular formula is C16H16ClFO3. The van der Waals surface area contributed by atoms with Crippen molar-refractivity contribution >= 4 is 11.6 Å². The normalized spacial score (nSPS) is 10.5. The van der Waals surface area contributed by atoms with Crippen LogP contribution >= 0.6 is 11.6 Å². The lowest BCUT2D eigenvalue weighted by Gasteiger charge is -2.13. The van der Waals surface area contributed by atoms with Gasteiger partial charge in [-0.05, 0) is 30.7 Å². The van der Waals surface area contributed by atoms with E-state index in [4.69, 9.17) is 26.2 Å². The second kappa shape index (κ2) is 7.29. The van der Waals surface area contributed by atoms with Crippen LogP contribution in [0, 0.1) is 5.82 Å². The van der Waals surface area contributed by atoms with E-state index in [0.29, 0.717) is 23.7 Å². The fourth-order valence-electron chi connectivity index (χ4n) is 1.85. The van der Waals surface area contributed by atoms with Gasteiger partial charge in [0.05, 0.1) is 18.2 Å². The molecular weight excluding hydrogens is 295 g/mol. The number of hydrogen-bond donors (Lipinski definition) is 1. The summed E-state index contributed by atoms with van der Waals surface area (Å²) in [5, 5.41) is 9.20. The number of halogens is 2. The molecule has 2 rings (SSSR count). The largest absolute Gasteiger partial charge is 0.490 e. The Morgan fingerprint density at radius 1 is 1.14 bits per heavy atom. The molecule has 2 aromatic rings. The molecule has 0 aromatic heterocycles. The highest BCUT2D eigenvalue weighted by Gasteiger charge is 2.10. The summed E-state index contributed by atoms with van der Waals surface area (Å²) in [6, 6.07) is 9.75. The van der Waals surface area contributed by atoms with E-state index in [1.165, 1.54) is 6.07 Å². The molecule has 1 N–H and O–H groups in total. The Kier molecular flexibility index (Phi) is 5.42. The molecule has 0 saturated heterocycles. The van der Waals surface area contributed by atoms with Crippen LogP contribution in [0.4, 0.5) is 4.39 Å². The summed E-state index contributed by atoms with van der Waals surface area (Å²) in [6.07, 6.45) is 0. The quantitative estimate of drug-likeness (QED) is 0.878. The Labute approximate surface area is 127 Å². The maximum atomic E-state index is 13.4. The summed E-state index contributed by atoms with van der Waals surface area (Å²) < 4.78 is 24.5. The molecule has 21 heavy (non-hydrogen) atoms. The predicted octanol–water partition coefficient (Wildman–Crippen LogP) is 3.95. The fourth-order valence-corrected chi connectivity index (χ4v) is 2.03. The first kappa shape index (κ1) is 15.6. The van der Waals surface area contributed by atoms with Gasteiger partial charge in [0.15, 0.2) is 11.5 Å². The van der Waals surface area contributed by atoms with Gasteiger partial charge < -0.3 is 14.6 Å².